The van der Waals surface area contributed by atoms with Crippen molar-refractivity contribution in [2.24, 2.45) is 0 Å². The van der Waals surface area contributed by atoms with Crippen molar-refractivity contribution in [2.45, 2.75) is 19.4 Å². The molecule has 7 nitrogen and oxygen atoms in total. The molecule has 1 atom stereocenters. The van der Waals surface area contributed by atoms with Crippen molar-refractivity contribution in [3.63, 3.8) is 0 Å². The fourth-order valence-corrected chi connectivity index (χ4v) is 2.60. The minimum absolute atomic E-state index is 0.191. The van der Waals surface area contributed by atoms with Crippen molar-refractivity contribution in [3.05, 3.63) is 40.0 Å². The summed E-state index contributed by atoms with van der Waals surface area (Å²) in [5, 5.41) is 8.87. The zero-order chi connectivity index (χ0) is 16.8. The number of rotatable bonds is 6. The number of hydrogen-bond donors (Lipinski definition) is 1. The Morgan fingerprint density at radius 1 is 1.39 bits per heavy atom. The van der Waals surface area contributed by atoms with E-state index in [2.05, 4.69) is 15.2 Å². The molecule has 0 spiro atoms. The van der Waals surface area contributed by atoms with Gasteiger partial charge in [-0.05, 0) is 24.4 Å². The first kappa shape index (κ1) is 16.9. The second kappa shape index (κ2) is 7.68. The van der Waals surface area contributed by atoms with E-state index in [1.807, 2.05) is 17.5 Å². The fraction of sp³-hybridized carbons (Fsp3) is 0.333. The van der Waals surface area contributed by atoms with Crippen molar-refractivity contribution in [3.8, 4) is 10.6 Å². The minimum atomic E-state index is -0.606. The van der Waals surface area contributed by atoms with Gasteiger partial charge in [-0.15, -0.1) is 11.3 Å². The number of nitrogens with one attached hydrogen (secondary N) is 1. The Morgan fingerprint density at radius 2 is 2.17 bits per heavy atom. The van der Waals surface area contributed by atoms with Gasteiger partial charge < -0.3 is 10.1 Å². The fourth-order valence-electron chi connectivity index (χ4n) is 1.91. The highest BCUT2D eigenvalue weighted by molar-refractivity contribution is 7.13. The monoisotopic (exact) mass is 335 g/mol. The van der Waals surface area contributed by atoms with E-state index < -0.39 is 11.9 Å². The number of ether oxygens (including phenoxy) is 1. The van der Waals surface area contributed by atoms with Gasteiger partial charge in [-0.3, -0.25) is 14.4 Å². The van der Waals surface area contributed by atoms with Gasteiger partial charge in [0.05, 0.1) is 18.0 Å². The van der Waals surface area contributed by atoms with E-state index in [0.717, 1.165) is 4.88 Å². The van der Waals surface area contributed by atoms with Gasteiger partial charge in [0.15, 0.2) is 0 Å². The SMILES string of the molecule is COC(=O)CC(=O)NCC(C)n1nc(-c2cccs2)ccc1=O. The molecule has 0 radical (unpaired) electrons. The van der Waals surface area contributed by atoms with Crippen LogP contribution in [0.1, 0.15) is 19.4 Å². The number of nitrogens with zero attached hydrogens (tertiary/aromatic N) is 2. The molecule has 0 aromatic carbocycles. The average molecular weight is 335 g/mol. The molecule has 0 aliphatic carbocycles. The van der Waals surface area contributed by atoms with E-state index in [9.17, 15) is 14.4 Å². The molecule has 23 heavy (non-hydrogen) atoms. The third-order valence-corrected chi connectivity index (χ3v) is 4.04. The predicted octanol–water partition coefficient (Wildman–Crippen LogP) is 1.21. The Hall–Kier alpha value is -2.48. The number of hydrogen-bond acceptors (Lipinski definition) is 6. The Kier molecular flexibility index (Phi) is 5.64. The van der Waals surface area contributed by atoms with E-state index in [-0.39, 0.29) is 24.6 Å². The van der Waals surface area contributed by atoms with E-state index in [0.29, 0.717) is 5.69 Å². The van der Waals surface area contributed by atoms with Crippen molar-refractivity contribution in [1.29, 1.82) is 0 Å². The number of aromatic nitrogens is 2. The van der Waals surface area contributed by atoms with Gasteiger partial charge in [-0.25, -0.2) is 4.68 Å². The van der Waals surface area contributed by atoms with Crippen LogP contribution >= 0.6 is 11.3 Å². The summed E-state index contributed by atoms with van der Waals surface area (Å²) >= 11 is 1.53. The van der Waals surface area contributed by atoms with E-state index in [1.54, 1.807) is 13.0 Å². The molecule has 2 heterocycles. The average Bonchev–Trinajstić information content (AvgIpc) is 3.07. The predicted molar refractivity (Wildman–Crippen MR) is 86.2 cm³/mol. The second-order valence-corrected chi connectivity index (χ2v) is 5.83. The lowest BCUT2D eigenvalue weighted by Gasteiger charge is -2.15. The van der Waals surface area contributed by atoms with Crippen LogP contribution in [0.2, 0.25) is 0 Å². The molecule has 2 aromatic heterocycles. The maximum absolute atomic E-state index is 12.0. The molecule has 0 aliphatic rings. The Morgan fingerprint density at radius 3 is 2.83 bits per heavy atom. The normalized spacial score (nSPS) is 11.7. The number of methoxy groups -OCH3 is 1. The summed E-state index contributed by atoms with van der Waals surface area (Å²) < 4.78 is 5.75. The summed E-state index contributed by atoms with van der Waals surface area (Å²) in [5.41, 5.74) is 0.451. The van der Waals surface area contributed by atoms with Gasteiger partial charge in [0, 0.05) is 12.6 Å². The van der Waals surface area contributed by atoms with Crippen LogP contribution in [0.4, 0.5) is 0 Å². The molecule has 1 unspecified atom stereocenters. The van der Waals surface area contributed by atoms with Gasteiger partial charge in [-0.1, -0.05) is 6.07 Å². The number of carbonyl (C=O) groups is 2. The first-order valence-corrected chi connectivity index (χ1v) is 7.86. The van der Waals surface area contributed by atoms with Crippen LogP contribution in [-0.2, 0) is 14.3 Å². The summed E-state index contributed by atoms with van der Waals surface area (Å²) in [7, 11) is 1.22. The second-order valence-electron chi connectivity index (χ2n) is 4.88. The lowest BCUT2D eigenvalue weighted by atomic mass is 10.3. The maximum Gasteiger partial charge on any atom is 0.315 e. The summed E-state index contributed by atoms with van der Waals surface area (Å²) in [6.07, 6.45) is -0.346. The molecule has 0 fully saturated rings. The number of thiophene rings is 1. The van der Waals surface area contributed by atoms with Crippen molar-refractivity contribution < 1.29 is 14.3 Å². The smallest absolute Gasteiger partial charge is 0.315 e. The molecular formula is C15H17N3O4S. The number of amides is 1. The van der Waals surface area contributed by atoms with Crippen LogP contribution in [0.3, 0.4) is 0 Å². The Balaban J connectivity index is 2.06. The molecule has 8 heteroatoms. The van der Waals surface area contributed by atoms with Gasteiger partial charge in [-0.2, -0.15) is 5.10 Å². The summed E-state index contributed by atoms with van der Waals surface area (Å²) in [6, 6.07) is 6.62. The largest absolute Gasteiger partial charge is 0.469 e. The van der Waals surface area contributed by atoms with E-state index in [1.165, 1.54) is 29.2 Å². The molecule has 0 saturated carbocycles. The molecule has 2 rings (SSSR count). The Labute approximate surface area is 136 Å². The molecule has 2 aromatic rings. The van der Waals surface area contributed by atoms with Gasteiger partial charge in [0.2, 0.25) is 5.91 Å². The first-order chi connectivity index (χ1) is 11.0. The van der Waals surface area contributed by atoms with Crippen molar-refractivity contribution in [1.82, 2.24) is 15.1 Å². The van der Waals surface area contributed by atoms with Gasteiger partial charge in [0.1, 0.15) is 12.1 Å². The van der Waals surface area contributed by atoms with Crippen LogP contribution in [0.5, 0.6) is 0 Å². The third kappa shape index (κ3) is 4.49. The quantitative estimate of drug-likeness (QED) is 0.633. The van der Waals surface area contributed by atoms with Crippen LogP contribution in [0.25, 0.3) is 10.6 Å². The van der Waals surface area contributed by atoms with E-state index in [4.69, 9.17) is 0 Å². The van der Waals surface area contributed by atoms with E-state index >= 15 is 0 Å². The standard InChI is InChI=1S/C15H17N3O4S/c1-10(9-16-13(19)8-15(21)22-2)18-14(20)6-5-11(17-18)12-4-3-7-23-12/h3-7,10H,8-9H2,1-2H3,(H,16,19). The minimum Gasteiger partial charge on any atom is -0.469 e. The molecule has 122 valence electrons. The molecule has 0 aliphatic heterocycles. The highest BCUT2D eigenvalue weighted by Gasteiger charge is 2.14. The maximum atomic E-state index is 12.0. The zero-order valence-electron chi connectivity index (χ0n) is 12.8. The first-order valence-electron chi connectivity index (χ1n) is 6.98. The van der Waals surface area contributed by atoms with Crippen LogP contribution < -0.4 is 10.9 Å². The molecule has 0 bridgehead atoms. The topological polar surface area (TPSA) is 90.3 Å². The lowest BCUT2D eigenvalue weighted by molar-refractivity contribution is -0.143. The molecular weight excluding hydrogens is 318 g/mol. The number of esters is 1. The highest BCUT2D eigenvalue weighted by atomic mass is 32.1. The number of carbonyl (C=O) groups excluding carboxylic acids is 2. The van der Waals surface area contributed by atoms with Crippen LogP contribution in [0, 0.1) is 0 Å². The summed E-state index contributed by atoms with van der Waals surface area (Å²) in [5.74, 6) is -1.06. The van der Waals surface area contributed by atoms with Crippen molar-refractivity contribution in [2.75, 3.05) is 13.7 Å². The van der Waals surface area contributed by atoms with Gasteiger partial charge >= 0.3 is 5.97 Å². The zero-order valence-corrected chi connectivity index (χ0v) is 13.6. The third-order valence-electron chi connectivity index (χ3n) is 3.14. The van der Waals surface area contributed by atoms with Crippen LogP contribution in [0.15, 0.2) is 34.4 Å². The highest BCUT2D eigenvalue weighted by Crippen LogP contribution is 2.21. The Bertz CT molecular complexity index is 739. The summed E-state index contributed by atoms with van der Waals surface area (Å²) in [4.78, 5) is 35.5. The molecule has 0 saturated heterocycles. The lowest BCUT2D eigenvalue weighted by Crippen LogP contribution is -2.35. The summed E-state index contributed by atoms with van der Waals surface area (Å²) in [6.45, 7) is 1.96. The molecule has 1 amide bonds. The van der Waals surface area contributed by atoms with Gasteiger partial charge in [0.25, 0.3) is 5.56 Å². The van der Waals surface area contributed by atoms with Crippen molar-refractivity contribution >= 4 is 23.2 Å². The molecule has 1 N–H and O–H groups in total. The van der Waals surface area contributed by atoms with Crippen LogP contribution in [-0.4, -0.2) is 35.3 Å².